The monoisotopic (exact) mass is 316 g/mol. The molecule has 0 aromatic heterocycles. The van der Waals surface area contributed by atoms with Gasteiger partial charge < -0.3 is 0 Å². The second kappa shape index (κ2) is 4.94. The molecule has 2 rings (SSSR count). The van der Waals surface area contributed by atoms with Gasteiger partial charge >= 0.3 is 98.6 Å². The number of rotatable bonds is 2. The summed E-state index contributed by atoms with van der Waals surface area (Å²) in [6.45, 7) is 0. The molecule has 0 heterocycles. The molecule has 0 fully saturated rings. The minimum atomic E-state index is -0.121. The third-order valence-electron chi connectivity index (χ3n) is 2.00. The van der Waals surface area contributed by atoms with Crippen molar-refractivity contribution in [3.63, 3.8) is 0 Å². The Labute approximate surface area is 98.4 Å². The van der Waals surface area contributed by atoms with Gasteiger partial charge in [0.25, 0.3) is 0 Å². The summed E-state index contributed by atoms with van der Waals surface area (Å²) in [6.07, 6.45) is 0. The first-order valence-corrected chi connectivity index (χ1v) is 9.19. The van der Waals surface area contributed by atoms with Crippen LogP contribution in [0.3, 0.4) is 0 Å². The quantitative estimate of drug-likeness (QED) is 0.587. The Balaban J connectivity index is 2.30. The summed E-state index contributed by atoms with van der Waals surface area (Å²) in [7, 11) is 0. The first-order valence-electron chi connectivity index (χ1n) is 4.47. The van der Waals surface area contributed by atoms with Crippen LogP contribution < -0.4 is 10.6 Å². The van der Waals surface area contributed by atoms with E-state index >= 15 is 0 Å². The van der Waals surface area contributed by atoms with Crippen LogP contribution in [0, 0.1) is 0 Å². The first-order chi connectivity index (χ1) is 6.88. The molecule has 2 aromatic carbocycles. The molecule has 0 N–H and O–H groups in total. The zero-order valence-electron chi connectivity index (χ0n) is 7.67. The molecule has 0 bridgehead atoms. The second-order valence-corrected chi connectivity index (χ2v) is 8.06. The first kappa shape index (κ1) is 10.2. The third kappa shape index (κ3) is 2.37. The molecule has 0 amide bonds. The summed E-state index contributed by atoms with van der Waals surface area (Å²) >= 11 is 1.92. The van der Waals surface area contributed by atoms with E-state index in [9.17, 15) is 0 Å². The van der Waals surface area contributed by atoms with Crippen LogP contribution in [0.2, 0.25) is 0 Å². The van der Waals surface area contributed by atoms with E-state index in [4.69, 9.17) is 0 Å². The molecule has 14 heavy (non-hydrogen) atoms. The van der Waals surface area contributed by atoms with Gasteiger partial charge in [0.1, 0.15) is 0 Å². The molecule has 0 aliphatic rings. The normalized spacial score (nSPS) is 10.4. The molecule has 2 aromatic rings. The standard InChI is InChI=1S/C12H11PTe/c14-13(11-7-3-1-4-8-11)12-9-5-2-6-10-12/h1-10,14H. The van der Waals surface area contributed by atoms with Crippen molar-refractivity contribution in [1.29, 1.82) is 0 Å². The van der Waals surface area contributed by atoms with E-state index in [1.54, 1.807) is 0 Å². The van der Waals surface area contributed by atoms with Crippen LogP contribution in [0.4, 0.5) is 0 Å². The molecule has 0 saturated heterocycles. The van der Waals surface area contributed by atoms with Gasteiger partial charge in [-0.05, 0) is 0 Å². The maximum atomic E-state index is 2.22. The molecule has 0 atom stereocenters. The zero-order chi connectivity index (χ0) is 9.80. The van der Waals surface area contributed by atoms with Gasteiger partial charge in [-0.25, -0.2) is 0 Å². The summed E-state index contributed by atoms with van der Waals surface area (Å²) in [5.74, 6) is 0. The van der Waals surface area contributed by atoms with Crippen LogP contribution in [0.1, 0.15) is 0 Å². The van der Waals surface area contributed by atoms with Crippen molar-refractivity contribution < 1.29 is 0 Å². The molecular formula is C12H11PTe. The molecule has 0 aliphatic carbocycles. The molecule has 0 unspecified atom stereocenters. The van der Waals surface area contributed by atoms with E-state index in [1.165, 1.54) is 10.6 Å². The van der Waals surface area contributed by atoms with Crippen molar-refractivity contribution in [2.75, 3.05) is 0 Å². The van der Waals surface area contributed by atoms with Crippen molar-refractivity contribution >= 4 is 38.0 Å². The molecule has 70 valence electrons. The Kier molecular flexibility index (Phi) is 3.60. The van der Waals surface area contributed by atoms with Crippen molar-refractivity contribution in [3.8, 4) is 0 Å². The van der Waals surface area contributed by atoms with Crippen LogP contribution in [-0.4, -0.2) is 21.7 Å². The van der Waals surface area contributed by atoms with Gasteiger partial charge in [0.05, 0.1) is 0 Å². The van der Waals surface area contributed by atoms with Gasteiger partial charge in [-0.3, -0.25) is 0 Å². The van der Waals surface area contributed by atoms with E-state index in [2.05, 4.69) is 60.7 Å². The summed E-state index contributed by atoms with van der Waals surface area (Å²) in [6, 6.07) is 21.5. The molecule has 2 heteroatoms. The van der Waals surface area contributed by atoms with Crippen LogP contribution in [-0.2, 0) is 0 Å². The summed E-state index contributed by atoms with van der Waals surface area (Å²) in [5.41, 5.74) is -0.121. The molecular weight excluding hydrogens is 303 g/mol. The van der Waals surface area contributed by atoms with Crippen molar-refractivity contribution in [2.24, 2.45) is 0 Å². The average Bonchev–Trinajstić information content (AvgIpc) is 2.30. The summed E-state index contributed by atoms with van der Waals surface area (Å²) in [4.78, 5) is 0. The Bertz CT molecular complexity index is 346. The van der Waals surface area contributed by atoms with Crippen LogP contribution in [0.5, 0.6) is 0 Å². The average molecular weight is 314 g/mol. The fraction of sp³-hybridized carbons (Fsp3) is 0. The predicted molar refractivity (Wildman–Crippen MR) is 66.2 cm³/mol. The van der Waals surface area contributed by atoms with Crippen molar-refractivity contribution in [1.82, 2.24) is 0 Å². The van der Waals surface area contributed by atoms with Crippen molar-refractivity contribution in [2.45, 2.75) is 0 Å². The fourth-order valence-electron chi connectivity index (χ4n) is 1.29. The Morgan fingerprint density at radius 2 is 1.00 bits per heavy atom. The Hall–Kier alpha value is -0.340. The molecule has 0 radical (unpaired) electrons. The summed E-state index contributed by atoms with van der Waals surface area (Å²) in [5, 5.41) is 2.92. The SMILES string of the molecule is [TeH]P(c1ccccc1)c1ccccc1. The van der Waals surface area contributed by atoms with Gasteiger partial charge in [0.2, 0.25) is 0 Å². The van der Waals surface area contributed by atoms with Crippen LogP contribution in [0.25, 0.3) is 0 Å². The topological polar surface area (TPSA) is 0 Å². The molecule has 0 aliphatic heterocycles. The third-order valence-corrected chi connectivity index (χ3v) is 7.53. The number of hydrogen-bond acceptors (Lipinski definition) is 0. The summed E-state index contributed by atoms with van der Waals surface area (Å²) < 4.78 is 0. The van der Waals surface area contributed by atoms with E-state index in [1.807, 2.05) is 21.7 Å². The predicted octanol–water partition coefficient (Wildman–Crippen LogP) is 1.94. The van der Waals surface area contributed by atoms with Gasteiger partial charge in [-0.1, -0.05) is 0 Å². The molecule has 0 spiro atoms. The van der Waals surface area contributed by atoms with Crippen LogP contribution >= 0.6 is 5.61 Å². The second-order valence-electron chi connectivity index (χ2n) is 2.98. The van der Waals surface area contributed by atoms with Gasteiger partial charge in [-0.2, -0.15) is 0 Å². The molecule has 0 saturated carbocycles. The van der Waals surface area contributed by atoms with Crippen molar-refractivity contribution in [3.05, 3.63) is 60.7 Å². The molecule has 0 nitrogen and oxygen atoms in total. The number of hydrogen-bond donors (Lipinski definition) is 0. The van der Waals surface area contributed by atoms with Gasteiger partial charge in [-0.15, -0.1) is 0 Å². The van der Waals surface area contributed by atoms with E-state index in [-0.39, 0.29) is 5.61 Å². The van der Waals surface area contributed by atoms with Crippen LogP contribution in [0.15, 0.2) is 60.7 Å². The Morgan fingerprint density at radius 3 is 1.36 bits per heavy atom. The van der Waals surface area contributed by atoms with E-state index < -0.39 is 0 Å². The number of benzene rings is 2. The Morgan fingerprint density at radius 1 is 0.643 bits per heavy atom. The van der Waals surface area contributed by atoms with Gasteiger partial charge in [0, 0.05) is 0 Å². The van der Waals surface area contributed by atoms with Gasteiger partial charge in [0.15, 0.2) is 0 Å². The van der Waals surface area contributed by atoms with E-state index in [0.29, 0.717) is 0 Å². The minimum absolute atomic E-state index is 0.121. The van der Waals surface area contributed by atoms with E-state index in [0.717, 1.165) is 0 Å². The fourth-order valence-corrected chi connectivity index (χ4v) is 4.78. The maximum absolute atomic E-state index is 2.22. The zero-order valence-corrected chi connectivity index (χ0v) is 11.1.